The van der Waals surface area contributed by atoms with Crippen molar-refractivity contribution in [3.63, 3.8) is 0 Å². The van der Waals surface area contributed by atoms with Gasteiger partial charge in [0.2, 0.25) is 5.91 Å². The van der Waals surface area contributed by atoms with Gasteiger partial charge < -0.3 is 14.5 Å². The minimum Gasteiger partial charge on any atom is -0.492 e. The third-order valence-corrected chi connectivity index (χ3v) is 3.77. The van der Waals surface area contributed by atoms with Crippen molar-refractivity contribution in [2.24, 2.45) is 0 Å². The number of oxazole rings is 1. The number of halogens is 2. The van der Waals surface area contributed by atoms with Crippen LogP contribution in [-0.2, 0) is 11.2 Å². The summed E-state index contributed by atoms with van der Waals surface area (Å²) in [6.07, 6.45) is 1.96. The largest absolute Gasteiger partial charge is 0.492 e. The van der Waals surface area contributed by atoms with E-state index in [1.54, 1.807) is 19.1 Å². The number of nitrogens with one attached hydrogen (secondary N) is 1. The number of amides is 1. The lowest BCUT2D eigenvalue weighted by atomic mass is 10.2. The molecule has 5 nitrogen and oxygen atoms in total. The third-order valence-electron chi connectivity index (χ3n) is 3.77. The Morgan fingerprint density at radius 2 is 1.89 bits per heavy atom. The average Bonchev–Trinajstić information content (AvgIpc) is 3.12. The zero-order chi connectivity index (χ0) is 19.2. The van der Waals surface area contributed by atoms with E-state index in [2.05, 4.69) is 10.3 Å². The summed E-state index contributed by atoms with van der Waals surface area (Å²) in [4.78, 5) is 16.3. The maximum atomic E-state index is 13.3. The number of anilines is 1. The van der Waals surface area contributed by atoms with Crippen LogP contribution < -0.4 is 10.1 Å². The topological polar surface area (TPSA) is 64.4 Å². The molecule has 1 N–H and O–H groups in total. The van der Waals surface area contributed by atoms with E-state index < -0.39 is 5.82 Å². The molecular weight excluding hydrogens is 354 g/mol. The molecule has 2 aromatic carbocycles. The molecule has 3 rings (SSSR count). The molecule has 0 aliphatic heterocycles. The predicted octanol–water partition coefficient (Wildman–Crippen LogP) is 4.59. The van der Waals surface area contributed by atoms with Crippen LogP contribution in [0, 0.1) is 11.6 Å². The Kier molecular flexibility index (Phi) is 5.80. The fourth-order valence-electron chi connectivity index (χ4n) is 2.48. The molecule has 0 atom stereocenters. The summed E-state index contributed by atoms with van der Waals surface area (Å²) < 4.78 is 37.2. The lowest BCUT2D eigenvalue weighted by molar-refractivity contribution is -0.116. The molecule has 0 aliphatic carbocycles. The van der Waals surface area contributed by atoms with Gasteiger partial charge in [0.25, 0.3) is 0 Å². The van der Waals surface area contributed by atoms with Crippen LogP contribution in [0.25, 0.3) is 11.3 Å². The number of ether oxygens (including phenoxy) is 1. The second kappa shape index (κ2) is 8.44. The second-order valence-electron chi connectivity index (χ2n) is 5.75. The molecule has 0 aliphatic rings. The van der Waals surface area contributed by atoms with Gasteiger partial charge in [-0.15, -0.1) is 0 Å². The maximum absolute atomic E-state index is 13.3. The number of benzene rings is 2. The Hall–Kier alpha value is -3.22. The highest BCUT2D eigenvalue weighted by Gasteiger charge is 2.12. The van der Waals surface area contributed by atoms with Gasteiger partial charge in [-0.1, -0.05) is 0 Å². The van der Waals surface area contributed by atoms with E-state index >= 15 is 0 Å². The Morgan fingerprint density at radius 1 is 1.15 bits per heavy atom. The highest BCUT2D eigenvalue weighted by molar-refractivity contribution is 5.92. The normalized spacial score (nSPS) is 10.6. The van der Waals surface area contributed by atoms with E-state index in [0.29, 0.717) is 29.5 Å². The lowest BCUT2D eigenvalue weighted by Gasteiger charge is -2.11. The van der Waals surface area contributed by atoms with Crippen LogP contribution >= 0.6 is 0 Å². The lowest BCUT2D eigenvalue weighted by Crippen LogP contribution is -2.13. The van der Waals surface area contributed by atoms with Crippen LogP contribution in [-0.4, -0.2) is 17.5 Å². The minimum atomic E-state index is -0.440. The third kappa shape index (κ3) is 4.91. The number of aromatic nitrogens is 1. The summed E-state index contributed by atoms with van der Waals surface area (Å²) in [5, 5.41) is 2.70. The highest BCUT2D eigenvalue weighted by Crippen LogP contribution is 2.26. The molecule has 3 aromatic rings. The number of hydrogen-bond donors (Lipinski definition) is 1. The van der Waals surface area contributed by atoms with Crippen molar-refractivity contribution in [2.45, 2.75) is 19.8 Å². The highest BCUT2D eigenvalue weighted by atomic mass is 19.1. The van der Waals surface area contributed by atoms with Crippen LogP contribution in [0.2, 0.25) is 0 Å². The summed E-state index contributed by atoms with van der Waals surface area (Å²) in [5.74, 6) is 0.132. The van der Waals surface area contributed by atoms with E-state index in [4.69, 9.17) is 9.15 Å². The maximum Gasteiger partial charge on any atom is 0.224 e. The molecule has 1 aromatic heterocycles. The smallest absolute Gasteiger partial charge is 0.224 e. The van der Waals surface area contributed by atoms with Crippen LogP contribution in [0.15, 0.2) is 53.1 Å². The van der Waals surface area contributed by atoms with Gasteiger partial charge in [-0.2, -0.15) is 0 Å². The molecule has 0 spiro atoms. The fourth-order valence-corrected chi connectivity index (χ4v) is 2.48. The number of nitrogens with zero attached hydrogens (tertiary/aromatic N) is 1. The van der Waals surface area contributed by atoms with Gasteiger partial charge in [0.15, 0.2) is 11.7 Å². The van der Waals surface area contributed by atoms with Gasteiger partial charge in [-0.3, -0.25) is 4.79 Å². The van der Waals surface area contributed by atoms with E-state index in [-0.39, 0.29) is 30.3 Å². The van der Waals surface area contributed by atoms with Crippen LogP contribution in [0.4, 0.5) is 14.5 Å². The number of rotatable bonds is 7. The SMILES string of the molecule is CCOc1cc(F)ccc1NC(=O)CCc1ncc(-c2ccc(F)cc2)o1. The summed E-state index contributed by atoms with van der Waals surface area (Å²) >= 11 is 0. The first-order valence-corrected chi connectivity index (χ1v) is 8.48. The first kappa shape index (κ1) is 18.6. The summed E-state index contributed by atoms with van der Waals surface area (Å²) in [6, 6.07) is 9.79. The van der Waals surface area contributed by atoms with Gasteiger partial charge in [0.05, 0.1) is 18.5 Å². The van der Waals surface area contributed by atoms with Gasteiger partial charge in [0.1, 0.15) is 17.4 Å². The number of hydrogen-bond acceptors (Lipinski definition) is 4. The Balaban J connectivity index is 1.59. The second-order valence-corrected chi connectivity index (χ2v) is 5.75. The number of carbonyl (C=O) groups is 1. The minimum absolute atomic E-state index is 0.131. The zero-order valence-electron chi connectivity index (χ0n) is 14.7. The first-order valence-electron chi connectivity index (χ1n) is 8.48. The van der Waals surface area contributed by atoms with Gasteiger partial charge >= 0.3 is 0 Å². The molecule has 0 unspecified atom stereocenters. The number of carbonyl (C=O) groups excluding carboxylic acids is 1. The Labute approximate surface area is 155 Å². The first-order chi connectivity index (χ1) is 13.0. The van der Waals surface area contributed by atoms with Gasteiger partial charge in [0, 0.05) is 24.5 Å². The van der Waals surface area contributed by atoms with E-state index in [1.165, 1.54) is 36.5 Å². The average molecular weight is 372 g/mol. The summed E-state index contributed by atoms with van der Waals surface area (Å²) in [6.45, 7) is 2.13. The monoisotopic (exact) mass is 372 g/mol. The van der Waals surface area contributed by atoms with Gasteiger partial charge in [-0.05, 0) is 43.3 Å². The zero-order valence-corrected chi connectivity index (χ0v) is 14.7. The molecule has 1 amide bonds. The van der Waals surface area contributed by atoms with Crippen molar-refractivity contribution < 1.29 is 22.7 Å². The Morgan fingerprint density at radius 3 is 2.63 bits per heavy atom. The quantitative estimate of drug-likeness (QED) is 0.659. The Bertz CT molecular complexity index is 923. The molecule has 140 valence electrons. The van der Waals surface area contributed by atoms with Crippen LogP contribution in [0.1, 0.15) is 19.2 Å². The van der Waals surface area contributed by atoms with Gasteiger partial charge in [-0.25, -0.2) is 13.8 Å². The summed E-state index contributed by atoms with van der Waals surface area (Å²) in [5.41, 5.74) is 1.11. The van der Waals surface area contributed by atoms with Crippen molar-refractivity contribution in [1.29, 1.82) is 0 Å². The molecule has 27 heavy (non-hydrogen) atoms. The molecule has 0 fully saturated rings. The van der Waals surface area contributed by atoms with E-state index in [0.717, 1.165) is 0 Å². The van der Waals surface area contributed by atoms with Crippen molar-refractivity contribution in [1.82, 2.24) is 4.98 Å². The molecule has 0 radical (unpaired) electrons. The number of aryl methyl sites for hydroxylation is 1. The molecule has 0 bridgehead atoms. The van der Waals surface area contributed by atoms with E-state index in [1.807, 2.05) is 0 Å². The van der Waals surface area contributed by atoms with E-state index in [9.17, 15) is 13.6 Å². The molecule has 0 saturated carbocycles. The fraction of sp³-hybridized carbons (Fsp3) is 0.200. The predicted molar refractivity (Wildman–Crippen MR) is 96.4 cm³/mol. The van der Waals surface area contributed by atoms with Crippen LogP contribution in [0.5, 0.6) is 5.75 Å². The molecule has 7 heteroatoms. The summed E-state index contributed by atoms with van der Waals surface area (Å²) in [7, 11) is 0. The van der Waals surface area contributed by atoms with Crippen LogP contribution in [0.3, 0.4) is 0 Å². The van der Waals surface area contributed by atoms with Crippen molar-refractivity contribution in [3.8, 4) is 17.1 Å². The molecular formula is C20H18F2N2O3. The van der Waals surface area contributed by atoms with Crippen molar-refractivity contribution >= 4 is 11.6 Å². The molecule has 0 saturated heterocycles. The van der Waals surface area contributed by atoms with Crippen molar-refractivity contribution in [2.75, 3.05) is 11.9 Å². The standard InChI is InChI=1S/C20H18F2N2O3/c1-2-26-17-11-15(22)7-8-16(17)24-19(25)9-10-20-23-12-18(27-20)13-3-5-14(21)6-4-13/h3-8,11-12H,2,9-10H2,1H3,(H,24,25). The van der Waals surface area contributed by atoms with Crippen molar-refractivity contribution in [3.05, 3.63) is 66.2 Å². The molecule has 1 heterocycles.